The van der Waals surface area contributed by atoms with Crippen LogP contribution in [0.1, 0.15) is 104 Å². The second-order valence-corrected chi connectivity index (χ2v) is 21.3. The van der Waals surface area contributed by atoms with Crippen molar-refractivity contribution in [2.75, 3.05) is 28.4 Å². The molecule has 4 N–H and O–H groups in total. The zero-order valence-electron chi connectivity index (χ0n) is 41.3. The third-order valence-corrected chi connectivity index (χ3v) is 17.2. The number of carboxylic acids is 1. The second-order valence-electron chi connectivity index (χ2n) is 20.4. The maximum atomic E-state index is 13.3. The van der Waals surface area contributed by atoms with Gasteiger partial charge in [-0.1, -0.05) is 50.5 Å². The van der Waals surface area contributed by atoms with Crippen molar-refractivity contribution in [1.29, 1.82) is 0 Å². The van der Waals surface area contributed by atoms with E-state index >= 15 is 0 Å². The van der Waals surface area contributed by atoms with E-state index in [4.69, 9.17) is 52.1 Å². The first kappa shape index (κ1) is 55.4. The van der Waals surface area contributed by atoms with E-state index in [2.05, 4.69) is 15.9 Å². The van der Waals surface area contributed by atoms with Gasteiger partial charge in [0.2, 0.25) is 11.9 Å². The van der Waals surface area contributed by atoms with Crippen LogP contribution in [0.3, 0.4) is 0 Å². The van der Waals surface area contributed by atoms with E-state index in [1.54, 1.807) is 59.3 Å². The Labute approximate surface area is 425 Å². The molecular formula is C48H73BrNaO17. The number of aliphatic hydroxyl groups excluding tert-OH is 1. The molecule has 7 rings (SSSR count). The molecule has 0 unspecified atom stereocenters. The summed E-state index contributed by atoms with van der Waals surface area (Å²) in [6, 6.07) is 6.96. The minimum atomic E-state index is -2.51. The molecule has 0 saturated carbocycles. The largest absolute Gasteiger partial charge is 0.479 e. The van der Waals surface area contributed by atoms with Crippen LogP contribution in [0.2, 0.25) is 0 Å². The molecule has 6 heterocycles. The van der Waals surface area contributed by atoms with E-state index in [-0.39, 0.29) is 78.1 Å². The number of aliphatic hydroxyl groups is 3. The van der Waals surface area contributed by atoms with E-state index in [1.807, 2.05) is 34.6 Å². The molecule has 6 saturated heterocycles. The molecule has 0 bridgehead atoms. The van der Waals surface area contributed by atoms with E-state index < -0.39 is 101 Å². The van der Waals surface area contributed by atoms with Gasteiger partial charge in [-0.25, -0.2) is 9.59 Å². The van der Waals surface area contributed by atoms with Crippen LogP contribution in [0, 0.1) is 29.6 Å². The summed E-state index contributed by atoms with van der Waals surface area (Å²) in [4.78, 5) is 25.3. The van der Waals surface area contributed by atoms with Crippen molar-refractivity contribution in [3.63, 3.8) is 0 Å². The number of carbonyl (C=O) groups excluding carboxylic acids is 1. The third kappa shape index (κ3) is 9.75. The minimum absolute atomic E-state index is 0. The van der Waals surface area contributed by atoms with Gasteiger partial charge in [0.25, 0.3) is 0 Å². The van der Waals surface area contributed by atoms with Gasteiger partial charge in [0.1, 0.15) is 17.3 Å². The van der Waals surface area contributed by atoms with Crippen LogP contribution in [-0.4, -0.2) is 192 Å². The van der Waals surface area contributed by atoms with Gasteiger partial charge >= 0.3 is 11.9 Å². The van der Waals surface area contributed by atoms with Crippen molar-refractivity contribution in [2.45, 2.75) is 196 Å². The number of rotatable bonds is 13. The molecule has 1 aromatic rings. The summed E-state index contributed by atoms with van der Waals surface area (Å²) < 4.78 is 72.0. The molecule has 22 atom stereocenters. The maximum Gasteiger partial charge on any atom is 0.338 e. The van der Waals surface area contributed by atoms with Crippen molar-refractivity contribution >= 4 is 57.4 Å². The molecule has 1 spiro atoms. The fourth-order valence-electron chi connectivity index (χ4n) is 12.6. The number of aliphatic carboxylic acids is 1. The van der Waals surface area contributed by atoms with Crippen molar-refractivity contribution in [3.8, 4) is 0 Å². The van der Waals surface area contributed by atoms with E-state index in [9.17, 15) is 30.0 Å². The summed E-state index contributed by atoms with van der Waals surface area (Å²) >= 11 is 3.41. The Morgan fingerprint density at radius 2 is 1.40 bits per heavy atom. The van der Waals surface area contributed by atoms with Crippen molar-refractivity contribution in [1.82, 2.24) is 0 Å². The minimum Gasteiger partial charge on any atom is -0.479 e. The Balaban J connectivity index is 0.00000741. The van der Waals surface area contributed by atoms with Crippen molar-refractivity contribution in [2.24, 2.45) is 29.6 Å². The van der Waals surface area contributed by atoms with Gasteiger partial charge in [0.05, 0.1) is 66.6 Å². The topological polar surface area (TPSA) is 217 Å². The second kappa shape index (κ2) is 20.9. The molecule has 0 aliphatic carbocycles. The molecule has 19 heteroatoms. The zero-order chi connectivity index (χ0) is 48.5. The number of carbonyl (C=O) groups is 2. The Hall–Kier alpha value is -0.880. The summed E-state index contributed by atoms with van der Waals surface area (Å²) in [6.07, 6.45) is -4.96. The standard InChI is InChI=1S/C48H73BrO17.Na/c1-23-37(62-43(53)28-13-15-29(49)16-14-28)25(3)46(8,54)65-38(23)33-18-17-31(60-33)32-19-20-35(61-32)45(7)41(58-11)27(5)48(66-45)24(2)34(56-9)21-30(63-48)22-36-44(6,59-12)40(57-10)26(4)47(55,64-36)39(50)42(51)52;/h13-16,23-27,30-41,50,54-55H,17-22H2,1-12H3,(H,51,52);/t23-,24+,25+,26-,27+,30-,31+,32-,33+,34+,35+,36-,37-,38-,39-,40-,41+,44-,45+,46-,47-,48-;/m0./s1. The van der Waals surface area contributed by atoms with Crippen LogP contribution in [0.4, 0.5) is 0 Å². The van der Waals surface area contributed by atoms with Gasteiger partial charge in [-0.05, 0) is 70.7 Å². The van der Waals surface area contributed by atoms with Crippen LogP contribution in [0.25, 0.3) is 0 Å². The van der Waals surface area contributed by atoms with E-state index in [0.29, 0.717) is 37.7 Å². The smallest absolute Gasteiger partial charge is 0.338 e. The molecule has 0 aromatic heterocycles. The first-order valence-electron chi connectivity index (χ1n) is 23.5. The normalized spacial score (nSPS) is 48.2. The van der Waals surface area contributed by atoms with E-state index in [0.717, 1.165) is 4.47 Å². The Morgan fingerprint density at radius 3 is 2.00 bits per heavy atom. The number of esters is 1. The summed E-state index contributed by atoms with van der Waals surface area (Å²) in [5.74, 6) is -9.89. The van der Waals surface area contributed by atoms with Gasteiger partial charge in [0.15, 0.2) is 11.6 Å². The van der Waals surface area contributed by atoms with Crippen LogP contribution in [0.15, 0.2) is 28.7 Å². The van der Waals surface area contributed by atoms with Gasteiger partial charge in [-0.2, -0.15) is 0 Å². The monoisotopic (exact) mass is 1020 g/mol. The average Bonchev–Trinajstić information content (AvgIpc) is 4.02. The number of hydrogen-bond donors (Lipinski definition) is 4. The average molecular weight is 1020 g/mol. The predicted molar refractivity (Wildman–Crippen MR) is 244 cm³/mol. The van der Waals surface area contributed by atoms with Gasteiger partial charge in [-0.15, -0.1) is 0 Å². The third-order valence-electron chi connectivity index (χ3n) is 16.7. The number of ether oxygens (including phenoxy) is 11. The predicted octanol–water partition coefficient (Wildman–Crippen LogP) is 4.62. The van der Waals surface area contributed by atoms with E-state index in [1.165, 1.54) is 14.2 Å². The summed E-state index contributed by atoms with van der Waals surface area (Å²) in [7, 11) is 6.23. The fourth-order valence-corrected chi connectivity index (χ4v) is 12.8. The van der Waals surface area contributed by atoms with Gasteiger partial charge < -0.3 is 72.5 Å². The Kier molecular flexibility index (Phi) is 17.3. The van der Waals surface area contributed by atoms with Crippen LogP contribution in [-0.2, 0) is 56.9 Å². The quantitative estimate of drug-likeness (QED) is 0.157. The number of hydrogen-bond acceptors (Lipinski definition) is 16. The first-order valence-corrected chi connectivity index (χ1v) is 24.3. The summed E-state index contributed by atoms with van der Waals surface area (Å²) in [5, 5.41) is 43.8. The molecule has 6 aliphatic heterocycles. The molecular weight excluding hydrogens is 951 g/mol. The Bertz CT molecular complexity index is 1880. The molecule has 67 heavy (non-hydrogen) atoms. The molecule has 17 nitrogen and oxygen atoms in total. The zero-order valence-corrected chi connectivity index (χ0v) is 44.9. The van der Waals surface area contributed by atoms with Gasteiger partial charge in [-0.3, -0.25) is 0 Å². The SMILES string of the molecule is CO[C@@H]1[C@@H](C)[C@@]2(O[C@H](C[C@@H]3O[C@](O)([C@@H](O)C(=O)O)[C@@H](C)[C@H](OC)[C@@]3(C)OC)C[C@@H](OC)[C@H]2C)O[C@]1(C)[C@H]1CC[C@@H]([C@H]2CC[C@H]([C@H]3O[C@](C)(O)[C@H](C)[C@@H](OC(=O)c4ccc(Br)cc4)[C@@H]3C)O2)O1.[Na]. The molecule has 6 fully saturated rings. The number of benzene rings is 1. The molecule has 375 valence electrons. The number of carboxylic acid groups (broad SMARTS) is 1. The molecule has 6 aliphatic rings. The van der Waals surface area contributed by atoms with Crippen LogP contribution < -0.4 is 0 Å². The Morgan fingerprint density at radius 1 is 0.791 bits per heavy atom. The van der Waals surface area contributed by atoms with Crippen molar-refractivity contribution < 1.29 is 82.1 Å². The molecule has 1 aromatic carbocycles. The summed E-state index contributed by atoms with van der Waals surface area (Å²) in [6.45, 7) is 14.8. The molecule has 1 radical (unpaired) electrons. The first-order chi connectivity index (χ1) is 31.0. The number of halogens is 1. The summed E-state index contributed by atoms with van der Waals surface area (Å²) in [5.41, 5.74) is -1.78. The van der Waals surface area contributed by atoms with Crippen LogP contribution in [0.5, 0.6) is 0 Å². The van der Waals surface area contributed by atoms with Crippen LogP contribution >= 0.6 is 15.9 Å². The molecule has 0 amide bonds. The fraction of sp³-hybridized carbons (Fsp3) is 0.833. The number of methoxy groups -OCH3 is 4. The van der Waals surface area contributed by atoms with Crippen molar-refractivity contribution in [3.05, 3.63) is 34.3 Å². The van der Waals surface area contributed by atoms with Gasteiger partial charge in [0, 0.05) is 105 Å². The maximum absolute atomic E-state index is 13.3.